The number of hydrogen-bond acceptors (Lipinski definition) is 7. The molecule has 0 fully saturated rings. The fourth-order valence-corrected chi connectivity index (χ4v) is 1.94. The summed E-state index contributed by atoms with van der Waals surface area (Å²) in [6.45, 7) is 8.91. The van der Waals surface area contributed by atoms with E-state index in [4.69, 9.17) is 14.0 Å². The minimum atomic E-state index is -0.480. The van der Waals surface area contributed by atoms with E-state index in [0.29, 0.717) is 31.4 Å². The summed E-state index contributed by atoms with van der Waals surface area (Å²) in [6.07, 6.45) is 1.26. The van der Waals surface area contributed by atoms with Crippen LogP contribution in [-0.4, -0.2) is 48.1 Å². The van der Waals surface area contributed by atoms with E-state index in [-0.39, 0.29) is 6.04 Å². The first-order valence-electron chi connectivity index (χ1n) is 7.78. The number of carbonyl (C=O) groups is 1. The molecule has 0 saturated heterocycles. The number of aryl methyl sites for hydroxylation is 1. The molecule has 1 aromatic rings. The van der Waals surface area contributed by atoms with Gasteiger partial charge in [0.15, 0.2) is 5.82 Å². The van der Waals surface area contributed by atoms with E-state index in [0.717, 1.165) is 12.8 Å². The van der Waals surface area contributed by atoms with Crippen molar-refractivity contribution in [1.29, 1.82) is 0 Å². The van der Waals surface area contributed by atoms with Gasteiger partial charge in [0.25, 0.3) is 0 Å². The lowest BCUT2D eigenvalue weighted by Gasteiger charge is -2.20. The molecule has 0 aromatic carbocycles. The third-order valence-corrected chi connectivity index (χ3v) is 2.88. The third kappa shape index (κ3) is 9.14. The maximum atomic E-state index is 11.5. The van der Waals surface area contributed by atoms with E-state index < -0.39 is 11.7 Å². The second-order valence-electron chi connectivity index (χ2n) is 6.34. The Bertz CT molecular complexity index is 470. The molecule has 1 rings (SSSR count). The molecule has 0 aliphatic carbocycles. The van der Waals surface area contributed by atoms with E-state index in [2.05, 4.69) is 20.8 Å². The maximum absolute atomic E-state index is 11.5. The Kier molecular flexibility index (Phi) is 7.97. The lowest BCUT2D eigenvalue weighted by Crippen LogP contribution is -2.35. The molecule has 8 heteroatoms. The quantitative estimate of drug-likeness (QED) is 0.667. The van der Waals surface area contributed by atoms with Gasteiger partial charge in [-0.05, 0) is 40.5 Å². The molecule has 8 nitrogen and oxygen atoms in total. The highest BCUT2D eigenvalue weighted by Gasteiger charge is 2.16. The van der Waals surface area contributed by atoms with Crippen molar-refractivity contribution in [3.05, 3.63) is 11.7 Å². The molecular formula is C15H28N4O4. The van der Waals surface area contributed by atoms with Crippen LogP contribution >= 0.6 is 0 Å². The second-order valence-corrected chi connectivity index (χ2v) is 6.34. The number of nitrogens with zero attached hydrogens (tertiary/aromatic N) is 2. The Morgan fingerprint density at radius 2 is 2.13 bits per heavy atom. The summed E-state index contributed by atoms with van der Waals surface area (Å²) in [5, 5.41) is 9.80. The van der Waals surface area contributed by atoms with Gasteiger partial charge < -0.3 is 24.6 Å². The largest absolute Gasteiger partial charge is 0.444 e. The monoisotopic (exact) mass is 328 g/mol. The van der Waals surface area contributed by atoms with Crippen molar-refractivity contribution in [2.24, 2.45) is 0 Å². The van der Waals surface area contributed by atoms with E-state index >= 15 is 0 Å². The van der Waals surface area contributed by atoms with E-state index in [1.807, 2.05) is 20.8 Å². The van der Waals surface area contributed by atoms with Crippen molar-refractivity contribution in [2.45, 2.75) is 58.7 Å². The van der Waals surface area contributed by atoms with Gasteiger partial charge in [0.2, 0.25) is 5.89 Å². The molecule has 132 valence electrons. The third-order valence-electron chi connectivity index (χ3n) is 2.88. The van der Waals surface area contributed by atoms with E-state index in [1.54, 1.807) is 14.0 Å². The van der Waals surface area contributed by atoms with Crippen LogP contribution in [-0.2, 0) is 16.0 Å². The highest BCUT2D eigenvalue weighted by atomic mass is 16.6. The molecule has 0 saturated carbocycles. The van der Waals surface area contributed by atoms with Crippen LogP contribution in [0.2, 0.25) is 0 Å². The molecule has 0 aliphatic rings. The van der Waals surface area contributed by atoms with Gasteiger partial charge in [-0.15, -0.1) is 0 Å². The Labute approximate surface area is 137 Å². The van der Waals surface area contributed by atoms with Crippen LogP contribution < -0.4 is 10.6 Å². The lowest BCUT2D eigenvalue weighted by atomic mass is 10.1. The molecule has 1 heterocycles. The minimum Gasteiger partial charge on any atom is -0.444 e. The van der Waals surface area contributed by atoms with Gasteiger partial charge >= 0.3 is 6.09 Å². The number of amides is 1. The van der Waals surface area contributed by atoms with Crippen molar-refractivity contribution < 1.29 is 18.8 Å². The zero-order chi connectivity index (χ0) is 17.3. The molecule has 2 N–H and O–H groups in total. The summed E-state index contributed by atoms with van der Waals surface area (Å²) in [5.74, 6) is 1.17. The van der Waals surface area contributed by atoms with Gasteiger partial charge in [0, 0.05) is 19.7 Å². The normalized spacial score (nSPS) is 12.9. The van der Waals surface area contributed by atoms with Crippen LogP contribution in [0.4, 0.5) is 4.79 Å². The van der Waals surface area contributed by atoms with Crippen LogP contribution in [0.3, 0.4) is 0 Å². The van der Waals surface area contributed by atoms with Crippen LogP contribution in [0.5, 0.6) is 0 Å². The first-order chi connectivity index (χ1) is 10.8. The zero-order valence-corrected chi connectivity index (χ0v) is 14.6. The van der Waals surface area contributed by atoms with Gasteiger partial charge in [-0.25, -0.2) is 4.79 Å². The molecular weight excluding hydrogens is 300 g/mol. The lowest BCUT2D eigenvalue weighted by molar-refractivity contribution is 0.0526. The van der Waals surface area contributed by atoms with Gasteiger partial charge in [0.1, 0.15) is 5.60 Å². The zero-order valence-electron chi connectivity index (χ0n) is 14.6. The van der Waals surface area contributed by atoms with Gasteiger partial charge in [-0.3, -0.25) is 0 Å². The second kappa shape index (κ2) is 9.46. The number of rotatable bonds is 9. The fourth-order valence-electron chi connectivity index (χ4n) is 1.94. The summed E-state index contributed by atoms with van der Waals surface area (Å²) < 4.78 is 15.4. The van der Waals surface area contributed by atoms with Crippen molar-refractivity contribution in [1.82, 2.24) is 20.8 Å². The number of aromatic nitrogens is 2. The SMILES string of the molecule is COCC(CCCNC(=O)OC(C)(C)C)NCc1nc(C)no1. The fraction of sp³-hybridized carbons (Fsp3) is 0.800. The molecule has 1 aromatic heterocycles. The smallest absolute Gasteiger partial charge is 0.407 e. The molecule has 0 spiro atoms. The average molecular weight is 328 g/mol. The van der Waals surface area contributed by atoms with Crippen molar-refractivity contribution in [2.75, 3.05) is 20.3 Å². The summed E-state index contributed by atoms with van der Waals surface area (Å²) in [7, 11) is 1.66. The number of ether oxygens (including phenoxy) is 2. The molecule has 0 aliphatic heterocycles. The molecule has 1 amide bonds. The molecule has 1 unspecified atom stereocenters. The van der Waals surface area contributed by atoms with Crippen LogP contribution in [0, 0.1) is 6.92 Å². The number of nitrogens with one attached hydrogen (secondary N) is 2. The standard InChI is InChI=1S/C15H28N4O4/c1-11-18-13(23-19-11)9-17-12(10-21-5)7-6-8-16-14(20)22-15(2,3)4/h12,17H,6-10H2,1-5H3,(H,16,20). The van der Waals surface area contributed by atoms with Crippen molar-refractivity contribution in [3.63, 3.8) is 0 Å². The van der Waals surface area contributed by atoms with Crippen LogP contribution in [0.15, 0.2) is 4.52 Å². The van der Waals surface area contributed by atoms with Gasteiger partial charge in [-0.2, -0.15) is 4.98 Å². The van der Waals surface area contributed by atoms with Crippen LogP contribution in [0.1, 0.15) is 45.3 Å². The summed E-state index contributed by atoms with van der Waals surface area (Å²) in [5.41, 5.74) is -0.480. The molecule has 0 radical (unpaired) electrons. The Balaban J connectivity index is 2.23. The molecule has 23 heavy (non-hydrogen) atoms. The number of alkyl carbamates (subject to hydrolysis) is 1. The van der Waals surface area contributed by atoms with E-state index in [1.165, 1.54) is 0 Å². The van der Waals surface area contributed by atoms with E-state index in [9.17, 15) is 4.79 Å². The minimum absolute atomic E-state index is 0.146. The van der Waals surface area contributed by atoms with Crippen molar-refractivity contribution in [3.8, 4) is 0 Å². The molecule has 0 bridgehead atoms. The Hall–Kier alpha value is -1.67. The van der Waals surface area contributed by atoms with Gasteiger partial charge in [0.05, 0.1) is 13.2 Å². The summed E-state index contributed by atoms with van der Waals surface area (Å²) >= 11 is 0. The number of methoxy groups -OCH3 is 1. The Morgan fingerprint density at radius 1 is 1.39 bits per heavy atom. The Morgan fingerprint density at radius 3 is 2.70 bits per heavy atom. The van der Waals surface area contributed by atoms with Crippen LogP contribution in [0.25, 0.3) is 0 Å². The first kappa shape index (κ1) is 19.4. The predicted octanol–water partition coefficient (Wildman–Crippen LogP) is 1.79. The highest BCUT2D eigenvalue weighted by molar-refractivity contribution is 5.67. The van der Waals surface area contributed by atoms with Gasteiger partial charge in [-0.1, -0.05) is 5.16 Å². The summed E-state index contributed by atoms with van der Waals surface area (Å²) in [4.78, 5) is 15.7. The highest BCUT2D eigenvalue weighted by Crippen LogP contribution is 2.06. The first-order valence-corrected chi connectivity index (χ1v) is 7.78. The summed E-state index contributed by atoms with van der Waals surface area (Å²) in [6, 6.07) is 0.146. The number of hydrogen-bond donors (Lipinski definition) is 2. The van der Waals surface area contributed by atoms with Crippen molar-refractivity contribution >= 4 is 6.09 Å². The topological polar surface area (TPSA) is 98.5 Å². The maximum Gasteiger partial charge on any atom is 0.407 e. The predicted molar refractivity (Wildman–Crippen MR) is 85.0 cm³/mol. The number of carbonyl (C=O) groups excluding carboxylic acids is 1. The molecule has 1 atom stereocenters. The average Bonchev–Trinajstić information content (AvgIpc) is 2.84.